The first kappa shape index (κ1) is 16.2. The van der Waals surface area contributed by atoms with Gasteiger partial charge in [-0.3, -0.25) is 0 Å². The van der Waals surface area contributed by atoms with Crippen LogP contribution in [0.25, 0.3) is 10.9 Å². The minimum atomic E-state index is 0. The van der Waals surface area contributed by atoms with Crippen molar-refractivity contribution in [2.24, 2.45) is 7.05 Å². The summed E-state index contributed by atoms with van der Waals surface area (Å²) in [5, 5.41) is 1.32. The van der Waals surface area contributed by atoms with Crippen LogP contribution in [0.15, 0.2) is 30.5 Å². The van der Waals surface area contributed by atoms with E-state index in [1.165, 1.54) is 22.2 Å². The van der Waals surface area contributed by atoms with Crippen LogP contribution < -0.4 is 33.4 Å². The molecule has 3 heteroatoms. The summed E-state index contributed by atoms with van der Waals surface area (Å²) in [6, 6.07) is 8.59. The highest BCUT2D eigenvalue weighted by Crippen LogP contribution is 2.34. The third kappa shape index (κ3) is 3.02. The van der Waals surface area contributed by atoms with Crippen molar-refractivity contribution < 1.29 is 28.5 Å². The zero-order valence-corrected chi connectivity index (χ0v) is 14.8. The van der Waals surface area contributed by atoms with Crippen LogP contribution in [-0.2, 0) is 12.5 Å². The van der Waals surface area contributed by atoms with Gasteiger partial charge in [0.25, 0.3) is 0 Å². The van der Waals surface area contributed by atoms with Crippen molar-refractivity contribution in [2.45, 2.75) is 26.2 Å². The number of fused-ring (bicyclic) bond motifs is 1. The smallest absolute Gasteiger partial charge is 0.214 e. The standard InChI is InChI=1S/C16H23N2.HI/c1-16(2,3)13-11-18(6)14-10-8-7-9-12(14)15(13)17(4)5;/h7-11H,1-6H3;1H/q+1;/p-1. The number of nitrogens with zero attached hydrogens (tertiary/aromatic N) is 2. The molecule has 2 nitrogen and oxygen atoms in total. The van der Waals surface area contributed by atoms with E-state index in [1.807, 2.05) is 0 Å². The van der Waals surface area contributed by atoms with Crippen LogP contribution in [-0.4, -0.2) is 14.1 Å². The Morgan fingerprint density at radius 3 is 2.16 bits per heavy atom. The van der Waals surface area contributed by atoms with Crippen LogP contribution >= 0.6 is 0 Å². The third-order valence-electron chi connectivity index (χ3n) is 3.37. The molecule has 1 aromatic heterocycles. The molecule has 0 bridgehead atoms. The Balaban J connectivity index is 0.00000180. The van der Waals surface area contributed by atoms with Gasteiger partial charge in [-0.2, -0.15) is 0 Å². The molecule has 0 spiro atoms. The van der Waals surface area contributed by atoms with Crippen molar-refractivity contribution in [1.82, 2.24) is 0 Å². The van der Waals surface area contributed by atoms with E-state index in [-0.39, 0.29) is 29.4 Å². The van der Waals surface area contributed by atoms with Crippen molar-refractivity contribution in [3.63, 3.8) is 0 Å². The highest BCUT2D eigenvalue weighted by molar-refractivity contribution is 5.91. The van der Waals surface area contributed by atoms with Gasteiger partial charge in [-0.25, -0.2) is 4.57 Å². The maximum absolute atomic E-state index is 2.27. The van der Waals surface area contributed by atoms with E-state index in [1.54, 1.807) is 0 Å². The SMILES string of the molecule is CN(C)c1c(C(C)(C)C)c[n+](C)c2ccccc12.[I-]. The summed E-state index contributed by atoms with van der Waals surface area (Å²) in [5.41, 5.74) is 4.13. The van der Waals surface area contributed by atoms with Gasteiger partial charge in [0.2, 0.25) is 5.52 Å². The maximum atomic E-state index is 2.27. The number of anilines is 1. The van der Waals surface area contributed by atoms with Crippen molar-refractivity contribution in [3.05, 3.63) is 36.0 Å². The number of para-hydroxylation sites is 1. The van der Waals surface area contributed by atoms with Gasteiger partial charge in [0, 0.05) is 25.7 Å². The molecule has 0 fully saturated rings. The van der Waals surface area contributed by atoms with Gasteiger partial charge >= 0.3 is 0 Å². The highest BCUT2D eigenvalue weighted by Gasteiger charge is 2.25. The molecule has 0 amide bonds. The Labute approximate surface area is 133 Å². The van der Waals surface area contributed by atoms with Crippen molar-refractivity contribution >= 4 is 16.6 Å². The minimum absolute atomic E-state index is 0. The summed E-state index contributed by atoms with van der Waals surface area (Å²) >= 11 is 0. The van der Waals surface area contributed by atoms with Crippen molar-refractivity contribution in [1.29, 1.82) is 0 Å². The molecule has 0 N–H and O–H groups in total. The van der Waals surface area contributed by atoms with Crippen LogP contribution in [0.2, 0.25) is 0 Å². The van der Waals surface area contributed by atoms with Gasteiger partial charge in [0.05, 0.1) is 11.1 Å². The first-order valence-electron chi connectivity index (χ1n) is 6.41. The van der Waals surface area contributed by atoms with Crippen molar-refractivity contribution in [3.8, 4) is 0 Å². The average Bonchev–Trinajstić information content (AvgIpc) is 2.27. The molecule has 2 aromatic rings. The van der Waals surface area contributed by atoms with Crippen LogP contribution in [0.5, 0.6) is 0 Å². The molecule has 19 heavy (non-hydrogen) atoms. The van der Waals surface area contributed by atoms with Crippen molar-refractivity contribution in [2.75, 3.05) is 19.0 Å². The number of hydrogen-bond donors (Lipinski definition) is 0. The molecule has 0 aliphatic carbocycles. The summed E-state index contributed by atoms with van der Waals surface area (Å²) < 4.78 is 2.23. The highest BCUT2D eigenvalue weighted by atomic mass is 127. The molecule has 1 aromatic carbocycles. The van der Waals surface area contributed by atoms with Gasteiger partial charge in [0.15, 0.2) is 6.20 Å². The number of hydrogen-bond acceptors (Lipinski definition) is 1. The monoisotopic (exact) mass is 370 g/mol. The van der Waals surface area contributed by atoms with Gasteiger partial charge in [0.1, 0.15) is 7.05 Å². The van der Waals surface area contributed by atoms with E-state index in [2.05, 4.69) is 81.8 Å². The van der Waals surface area contributed by atoms with Crippen LogP contribution in [0, 0.1) is 0 Å². The second kappa shape index (κ2) is 5.65. The van der Waals surface area contributed by atoms with Gasteiger partial charge in [-0.05, 0) is 11.5 Å². The molecule has 0 radical (unpaired) electrons. The lowest BCUT2D eigenvalue weighted by Gasteiger charge is -2.26. The fraction of sp³-hybridized carbons (Fsp3) is 0.438. The second-order valence-corrected chi connectivity index (χ2v) is 6.16. The molecule has 0 saturated carbocycles. The van der Waals surface area contributed by atoms with E-state index < -0.39 is 0 Å². The Morgan fingerprint density at radius 1 is 1.05 bits per heavy atom. The summed E-state index contributed by atoms with van der Waals surface area (Å²) in [6.45, 7) is 6.80. The fourth-order valence-corrected chi connectivity index (χ4v) is 2.48. The zero-order valence-electron chi connectivity index (χ0n) is 12.7. The van der Waals surface area contributed by atoms with Crippen LogP contribution in [0.1, 0.15) is 26.3 Å². The van der Waals surface area contributed by atoms with Gasteiger partial charge in [-0.1, -0.05) is 32.9 Å². The second-order valence-electron chi connectivity index (χ2n) is 6.16. The number of halogens is 1. The van der Waals surface area contributed by atoms with E-state index in [0.717, 1.165) is 0 Å². The summed E-state index contributed by atoms with van der Waals surface area (Å²) in [6.07, 6.45) is 2.26. The summed E-state index contributed by atoms with van der Waals surface area (Å²) in [5.74, 6) is 0. The molecular weight excluding hydrogens is 347 g/mol. The number of pyridine rings is 1. The largest absolute Gasteiger partial charge is 1.00 e. The van der Waals surface area contributed by atoms with Crippen LogP contribution in [0.4, 0.5) is 5.69 Å². The van der Waals surface area contributed by atoms with E-state index in [9.17, 15) is 0 Å². The fourth-order valence-electron chi connectivity index (χ4n) is 2.48. The lowest BCUT2D eigenvalue weighted by Crippen LogP contribution is -3.00. The predicted molar refractivity (Wildman–Crippen MR) is 78.2 cm³/mol. The third-order valence-corrected chi connectivity index (χ3v) is 3.37. The Hall–Kier alpha value is -0.840. The summed E-state index contributed by atoms with van der Waals surface area (Å²) in [4.78, 5) is 2.23. The molecule has 0 aliphatic heterocycles. The van der Waals surface area contributed by atoms with Gasteiger partial charge in [-0.15, -0.1) is 0 Å². The molecule has 0 unspecified atom stereocenters. The maximum Gasteiger partial charge on any atom is 0.214 e. The first-order valence-corrected chi connectivity index (χ1v) is 6.41. The van der Waals surface area contributed by atoms with E-state index in [0.29, 0.717) is 0 Å². The number of aryl methyl sites for hydroxylation is 1. The zero-order chi connectivity index (χ0) is 13.5. The quantitative estimate of drug-likeness (QED) is 0.508. The van der Waals surface area contributed by atoms with E-state index >= 15 is 0 Å². The first-order chi connectivity index (χ1) is 8.32. The molecule has 104 valence electrons. The van der Waals surface area contributed by atoms with Gasteiger partial charge < -0.3 is 28.9 Å². The van der Waals surface area contributed by atoms with Crippen LogP contribution in [0.3, 0.4) is 0 Å². The molecule has 1 heterocycles. The molecule has 0 saturated heterocycles. The molecular formula is C16H23IN2. The Kier molecular flexibility index (Phi) is 4.82. The Morgan fingerprint density at radius 2 is 1.63 bits per heavy atom. The molecule has 2 rings (SSSR count). The lowest BCUT2D eigenvalue weighted by atomic mass is 9.85. The predicted octanol–water partition coefficient (Wildman–Crippen LogP) is 0.0318. The summed E-state index contributed by atoms with van der Waals surface area (Å²) in [7, 11) is 6.37. The number of aromatic nitrogens is 1. The van der Waals surface area contributed by atoms with E-state index in [4.69, 9.17) is 0 Å². The number of benzene rings is 1. The topological polar surface area (TPSA) is 7.12 Å². The molecule has 0 aliphatic rings. The lowest BCUT2D eigenvalue weighted by molar-refractivity contribution is -0.645. The average molecular weight is 370 g/mol. The minimum Gasteiger partial charge on any atom is -1.00 e. The molecule has 0 atom stereocenters. The number of rotatable bonds is 1. The Bertz CT molecular complexity index is 583. The normalized spacial score (nSPS) is 11.3.